The summed E-state index contributed by atoms with van der Waals surface area (Å²) < 4.78 is 20.3. The molecule has 0 aromatic heterocycles. The van der Waals surface area contributed by atoms with Crippen LogP contribution >= 0.6 is 0 Å². The number of hydrogen-bond acceptors (Lipinski definition) is 5. The fourth-order valence-electron chi connectivity index (χ4n) is 1.62. The summed E-state index contributed by atoms with van der Waals surface area (Å²) in [5.41, 5.74) is 0.366. The van der Waals surface area contributed by atoms with Crippen molar-refractivity contribution in [3.8, 4) is 17.2 Å². The van der Waals surface area contributed by atoms with E-state index in [4.69, 9.17) is 24.1 Å². The van der Waals surface area contributed by atoms with Crippen LogP contribution in [0.1, 0.15) is 11.7 Å². The molecule has 0 saturated heterocycles. The van der Waals surface area contributed by atoms with Crippen LogP contribution in [0.2, 0.25) is 0 Å². The van der Waals surface area contributed by atoms with Gasteiger partial charge in [0.2, 0.25) is 0 Å². The number of carboxylic acids is 1. The molecule has 18 heavy (non-hydrogen) atoms. The second-order valence-corrected chi connectivity index (χ2v) is 3.40. The molecule has 0 bridgehead atoms. The maximum Gasteiger partial charge on any atom is 0.337 e. The zero-order valence-corrected chi connectivity index (χ0v) is 10.7. The fraction of sp³-hybridized carbons (Fsp3) is 0.417. The molecule has 0 spiro atoms. The van der Waals surface area contributed by atoms with Crippen molar-refractivity contribution in [2.75, 3.05) is 28.4 Å². The number of aliphatic carboxylic acids is 1. The summed E-state index contributed by atoms with van der Waals surface area (Å²) in [7, 11) is 5.72. The Morgan fingerprint density at radius 1 is 1.00 bits per heavy atom. The van der Waals surface area contributed by atoms with Gasteiger partial charge in [0.1, 0.15) is 5.75 Å². The van der Waals surface area contributed by atoms with Crippen molar-refractivity contribution in [2.45, 2.75) is 6.10 Å². The lowest BCUT2D eigenvalue weighted by Gasteiger charge is -2.17. The van der Waals surface area contributed by atoms with Gasteiger partial charge in [0, 0.05) is 18.7 Å². The standard InChI is InChI=1S/C12H16O6/c1-15-8-6-10(17-3)9(16-2)5-7(8)11(18-4)12(13)14/h5-6,11H,1-4H3,(H,13,14). The van der Waals surface area contributed by atoms with E-state index < -0.39 is 12.1 Å². The number of carbonyl (C=O) groups is 1. The largest absolute Gasteiger partial charge is 0.496 e. The molecule has 1 atom stereocenters. The molecule has 6 heteroatoms. The molecule has 0 amide bonds. The van der Waals surface area contributed by atoms with Crippen LogP contribution in [0.4, 0.5) is 0 Å². The van der Waals surface area contributed by atoms with Gasteiger partial charge in [0.25, 0.3) is 0 Å². The van der Waals surface area contributed by atoms with E-state index in [0.717, 1.165) is 0 Å². The zero-order valence-electron chi connectivity index (χ0n) is 10.7. The van der Waals surface area contributed by atoms with Crippen LogP contribution in [0, 0.1) is 0 Å². The Bertz CT molecular complexity index is 429. The highest BCUT2D eigenvalue weighted by Crippen LogP contribution is 2.38. The molecule has 0 fully saturated rings. The number of methoxy groups -OCH3 is 4. The predicted molar refractivity (Wildman–Crippen MR) is 63.5 cm³/mol. The minimum atomic E-state index is -1.13. The first kappa shape index (κ1) is 14.1. The lowest BCUT2D eigenvalue weighted by molar-refractivity contribution is -0.149. The Kier molecular flexibility index (Phi) is 4.79. The minimum absolute atomic E-state index is 0.363. The normalized spacial score (nSPS) is 11.8. The van der Waals surface area contributed by atoms with Gasteiger partial charge in [0.05, 0.1) is 21.3 Å². The third-order valence-electron chi connectivity index (χ3n) is 2.48. The number of benzene rings is 1. The summed E-state index contributed by atoms with van der Waals surface area (Å²) >= 11 is 0. The lowest BCUT2D eigenvalue weighted by atomic mass is 10.1. The highest BCUT2D eigenvalue weighted by molar-refractivity contribution is 5.76. The highest BCUT2D eigenvalue weighted by Gasteiger charge is 2.25. The molecular weight excluding hydrogens is 240 g/mol. The van der Waals surface area contributed by atoms with Gasteiger partial charge in [-0.25, -0.2) is 4.79 Å². The second kappa shape index (κ2) is 6.11. The fourth-order valence-corrected chi connectivity index (χ4v) is 1.62. The molecule has 1 aromatic rings. The SMILES string of the molecule is COc1cc(OC)c(C(OC)C(=O)O)cc1OC. The van der Waals surface area contributed by atoms with Gasteiger partial charge in [-0.3, -0.25) is 0 Å². The van der Waals surface area contributed by atoms with Crippen LogP contribution in [0.5, 0.6) is 17.2 Å². The average molecular weight is 256 g/mol. The van der Waals surface area contributed by atoms with Crippen LogP contribution in [0.3, 0.4) is 0 Å². The smallest absolute Gasteiger partial charge is 0.337 e. The van der Waals surface area contributed by atoms with Gasteiger partial charge in [-0.1, -0.05) is 0 Å². The van der Waals surface area contributed by atoms with E-state index in [-0.39, 0.29) is 0 Å². The van der Waals surface area contributed by atoms with Crippen LogP contribution in [0.25, 0.3) is 0 Å². The van der Waals surface area contributed by atoms with Gasteiger partial charge >= 0.3 is 5.97 Å². The Hall–Kier alpha value is -1.95. The number of carboxylic acid groups (broad SMARTS) is 1. The molecule has 0 aliphatic carbocycles. The summed E-state index contributed by atoms with van der Waals surface area (Å²) in [5, 5.41) is 9.08. The Morgan fingerprint density at radius 3 is 1.89 bits per heavy atom. The number of rotatable bonds is 6. The van der Waals surface area contributed by atoms with E-state index in [2.05, 4.69) is 0 Å². The summed E-state index contributed by atoms with van der Waals surface area (Å²) in [6.45, 7) is 0. The summed E-state index contributed by atoms with van der Waals surface area (Å²) in [6.07, 6.45) is -1.13. The molecule has 6 nitrogen and oxygen atoms in total. The van der Waals surface area contributed by atoms with Crippen LogP contribution < -0.4 is 14.2 Å². The third-order valence-corrected chi connectivity index (χ3v) is 2.48. The van der Waals surface area contributed by atoms with Crippen LogP contribution in [0.15, 0.2) is 12.1 Å². The average Bonchev–Trinajstić information content (AvgIpc) is 2.38. The van der Waals surface area contributed by atoms with Gasteiger partial charge in [0.15, 0.2) is 17.6 Å². The van der Waals surface area contributed by atoms with Crippen molar-refractivity contribution in [1.29, 1.82) is 0 Å². The van der Waals surface area contributed by atoms with Gasteiger partial charge in [-0.15, -0.1) is 0 Å². The maximum absolute atomic E-state index is 11.1. The lowest BCUT2D eigenvalue weighted by Crippen LogP contribution is -2.14. The number of hydrogen-bond donors (Lipinski definition) is 1. The van der Waals surface area contributed by atoms with Gasteiger partial charge in [-0.05, 0) is 6.07 Å². The van der Waals surface area contributed by atoms with Gasteiger partial charge in [-0.2, -0.15) is 0 Å². The van der Waals surface area contributed by atoms with Crippen molar-refractivity contribution in [3.63, 3.8) is 0 Å². The third kappa shape index (κ3) is 2.65. The molecule has 1 rings (SSSR count). The zero-order chi connectivity index (χ0) is 13.7. The Labute approximate surface area is 105 Å². The van der Waals surface area contributed by atoms with E-state index in [1.807, 2.05) is 0 Å². The van der Waals surface area contributed by atoms with E-state index >= 15 is 0 Å². The molecule has 0 radical (unpaired) electrons. The van der Waals surface area contributed by atoms with Crippen molar-refractivity contribution < 1.29 is 28.8 Å². The summed E-state index contributed by atoms with van der Waals surface area (Å²) in [6, 6.07) is 3.09. The first-order valence-corrected chi connectivity index (χ1v) is 5.14. The summed E-state index contributed by atoms with van der Waals surface area (Å²) in [4.78, 5) is 11.1. The number of ether oxygens (including phenoxy) is 4. The van der Waals surface area contributed by atoms with Crippen LogP contribution in [-0.4, -0.2) is 39.5 Å². The van der Waals surface area contributed by atoms with Crippen molar-refractivity contribution in [1.82, 2.24) is 0 Å². The molecular formula is C12H16O6. The van der Waals surface area contributed by atoms with E-state index in [0.29, 0.717) is 22.8 Å². The van der Waals surface area contributed by atoms with E-state index in [1.165, 1.54) is 34.5 Å². The highest BCUT2D eigenvalue weighted by atomic mass is 16.5. The molecule has 1 unspecified atom stereocenters. The maximum atomic E-state index is 11.1. The molecule has 0 heterocycles. The topological polar surface area (TPSA) is 74.2 Å². The minimum Gasteiger partial charge on any atom is -0.496 e. The molecule has 0 saturated carbocycles. The van der Waals surface area contributed by atoms with Crippen molar-refractivity contribution >= 4 is 5.97 Å². The Balaban J connectivity index is 3.36. The molecule has 1 aromatic carbocycles. The summed E-state index contributed by atoms with van der Waals surface area (Å²) in [5.74, 6) is 0.125. The molecule has 0 aliphatic rings. The molecule has 0 aliphatic heterocycles. The predicted octanol–water partition coefficient (Wildman–Crippen LogP) is 1.48. The monoisotopic (exact) mass is 256 g/mol. The first-order valence-electron chi connectivity index (χ1n) is 5.14. The molecule has 100 valence electrons. The van der Waals surface area contributed by atoms with Gasteiger partial charge < -0.3 is 24.1 Å². The van der Waals surface area contributed by atoms with E-state index in [9.17, 15) is 4.79 Å². The van der Waals surface area contributed by atoms with Crippen molar-refractivity contribution in [2.24, 2.45) is 0 Å². The molecule has 1 N–H and O–H groups in total. The van der Waals surface area contributed by atoms with Crippen molar-refractivity contribution in [3.05, 3.63) is 17.7 Å². The van der Waals surface area contributed by atoms with E-state index in [1.54, 1.807) is 6.07 Å². The second-order valence-electron chi connectivity index (χ2n) is 3.40. The Morgan fingerprint density at radius 2 is 1.50 bits per heavy atom. The quantitative estimate of drug-likeness (QED) is 0.831. The first-order chi connectivity index (χ1) is 8.58. The van der Waals surface area contributed by atoms with Crippen LogP contribution in [-0.2, 0) is 9.53 Å².